The molecule has 220 valence electrons. The number of rotatable bonds is 10. The highest BCUT2D eigenvalue weighted by atomic mass is 79.9. The smallest absolute Gasteiger partial charge is 0.308 e. The summed E-state index contributed by atoms with van der Waals surface area (Å²) in [6.07, 6.45) is 0.137. The zero-order chi connectivity index (χ0) is 29.7. The summed E-state index contributed by atoms with van der Waals surface area (Å²) in [6, 6.07) is 4.37. The Bertz CT molecular complexity index is 1210. The summed E-state index contributed by atoms with van der Waals surface area (Å²) in [6.45, 7) is 14.9. The predicted molar refractivity (Wildman–Crippen MR) is 160 cm³/mol. The van der Waals surface area contributed by atoms with Crippen LogP contribution < -0.4 is 10.2 Å². The SMILES string of the molecule is CCOC(=O)C[C@H](NC(=O)[C@H](Br)CC(C)C)c1c(F)c(C)cc(-c2c(C)cc(N3CCN(C)CC3)cc2C)c1F. The third kappa shape index (κ3) is 7.60. The zero-order valence-electron chi connectivity index (χ0n) is 24.7. The number of anilines is 1. The summed E-state index contributed by atoms with van der Waals surface area (Å²) in [5.74, 6) is -2.43. The van der Waals surface area contributed by atoms with Crippen molar-refractivity contribution in [3.8, 4) is 11.1 Å². The van der Waals surface area contributed by atoms with Gasteiger partial charge in [-0.2, -0.15) is 0 Å². The molecule has 1 aliphatic heterocycles. The number of hydrogen-bond donors (Lipinski definition) is 1. The van der Waals surface area contributed by atoms with Gasteiger partial charge in [0.15, 0.2) is 0 Å². The lowest BCUT2D eigenvalue weighted by atomic mass is 9.89. The van der Waals surface area contributed by atoms with Crippen LogP contribution in [0.5, 0.6) is 0 Å². The largest absolute Gasteiger partial charge is 0.466 e. The molecule has 1 heterocycles. The van der Waals surface area contributed by atoms with Gasteiger partial charge in [0.05, 0.1) is 23.9 Å². The maximum atomic E-state index is 16.4. The summed E-state index contributed by atoms with van der Waals surface area (Å²) in [4.78, 5) is 29.6. The summed E-state index contributed by atoms with van der Waals surface area (Å²) < 4.78 is 37.2. The summed E-state index contributed by atoms with van der Waals surface area (Å²) >= 11 is 3.38. The molecule has 1 fully saturated rings. The van der Waals surface area contributed by atoms with Gasteiger partial charge in [-0.3, -0.25) is 9.59 Å². The van der Waals surface area contributed by atoms with Crippen molar-refractivity contribution in [3.05, 3.63) is 52.1 Å². The van der Waals surface area contributed by atoms with Gasteiger partial charge in [-0.05, 0) is 87.5 Å². The minimum atomic E-state index is -1.23. The van der Waals surface area contributed by atoms with E-state index in [2.05, 4.69) is 38.1 Å². The number of esters is 1. The van der Waals surface area contributed by atoms with Crippen molar-refractivity contribution in [3.63, 3.8) is 0 Å². The summed E-state index contributed by atoms with van der Waals surface area (Å²) in [5, 5.41) is 2.72. The Morgan fingerprint density at radius 3 is 2.15 bits per heavy atom. The van der Waals surface area contributed by atoms with Crippen molar-refractivity contribution in [1.82, 2.24) is 10.2 Å². The fourth-order valence-corrected chi connectivity index (χ4v) is 6.17. The fourth-order valence-electron chi connectivity index (χ4n) is 5.29. The second kappa shape index (κ2) is 13.9. The quantitative estimate of drug-likeness (QED) is 0.252. The first-order valence-electron chi connectivity index (χ1n) is 14.0. The van der Waals surface area contributed by atoms with Gasteiger partial charge < -0.3 is 19.9 Å². The zero-order valence-corrected chi connectivity index (χ0v) is 26.3. The molecule has 1 saturated heterocycles. The van der Waals surface area contributed by atoms with E-state index in [1.54, 1.807) is 13.8 Å². The average molecular weight is 623 g/mol. The predicted octanol–water partition coefficient (Wildman–Crippen LogP) is 6.23. The first-order chi connectivity index (χ1) is 18.8. The van der Waals surface area contributed by atoms with E-state index in [0.29, 0.717) is 12.0 Å². The second-order valence-corrected chi connectivity index (χ2v) is 12.3. The number of piperazine rings is 1. The maximum absolute atomic E-state index is 16.4. The molecule has 1 N–H and O–H groups in total. The molecule has 9 heteroatoms. The molecule has 1 aliphatic rings. The van der Waals surface area contributed by atoms with Gasteiger partial charge >= 0.3 is 5.97 Å². The third-order valence-electron chi connectivity index (χ3n) is 7.38. The molecule has 3 rings (SSSR count). The van der Waals surface area contributed by atoms with Crippen molar-refractivity contribution in [1.29, 1.82) is 0 Å². The van der Waals surface area contributed by atoms with E-state index in [9.17, 15) is 9.59 Å². The Morgan fingerprint density at radius 1 is 1.00 bits per heavy atom. The molecule has 2 aromatic rings. The number of benzene rings is 2. The molecule has 0 aromatic heterocycles. The lowest BCUT2D eigenvalue weighted by Crippen LogP contribution is -2.44. The van der Waals surface area contributed by atoms with Crippen molar-refractivity contribution < 1.29 is 23.1 Å². The van der Waals surface area contributed by atoms with Crippen LogP contribution in [-0.4, -0.2) is 61.4 Å². The van der Waals surface area contributed by atoms with Crippen LogP contribution in [0.15, 0.2) is 18.2 Å². The number of likely N-dealkylation sites (N-methyl/N-ethyl adjacent to an activating group) is 1. The van der Waals surface area contributed by atoms with Crippen LogP contribution in [0.4, 0.5) is 14.5 Å². The standard InChI is InChI=1S/C31H42BrF2N3O3/c1-8-40-26(38)17-25(35-31(39)24(32)13-18(2)3)28-29(33)21(6)16-23(30(28)34)27-19(4)14-22(15-20(27)5)37-11-9-36(7)10-12-37/h14-16,18,24-25H,8-13,17H2,1-7H3,(H,35,39)/t24-,25+/m1/s1. The van der Waals surface area contributed by atoms with Crippen LogP contribution in [-0.2, 0) is 14.3 Å². The first kappa shape index (κ1) is 32.0. The van der Waals surface area contributed by atoms with E-state index in [0.717, 1.165) is 43.0 Å². The lowest BCUT2D eigenvalue weighted by molar-refractivity contribution is -0.143. The molecule has 2 atom stereocenters. The Kier molecular flexibility index (Phi) is 11.1. The number of aryl methyl sites for hydroxylation is 3. The highest BCUT2D eigenvalue weighted by Crippen LogP contribution is 2.38. The molecule has 2 aromatic carbocycles. The normalized spacial score (nSPS) is 15.7. The van der Waals surface area contributed by atoms with E-state index in [4.69, 9.17) is 4.74 Å². The molecule has 0 saturated carbocycles. The number of ether oxygens (including phenoxy) is 1. The van der Waals surface area contributed by atoms with E-state index < -0.39 is 40.8 Å². The number of alkyl halides is 1. The van der Waals surface area contributed by atoms with Gasteiger partial charge in [-0.1, -0.05) is 29.8 Å². The topological polar surface area (TPSA) is 61.9 Å². The van der Waals surface area contributed by atoms with Gasteiger partial charge in [0, 0.05) is 43.0 Å². The van der Waals surface area contributed by atoms with Crippen molar-refractivity contribution in [2.45, 2.75) is 65.3 Å². The Labute approximate surface area is 245 Å². The molecule has 0 spiro atoms. The third-order valence-corrected chi connectivity index (χ3v) is 8.17. The second-order valence-electron chi connectivity index (χ2n) is 11.2. The number of hydrogen-bond acceptors (Lipinski definition) is 5. The number of halogens is 3. The van der Waals surface area contributed by atoms with Crippen LogP contribution in [0, 0.1) is 38.3 Å². The van der Waals surface area contributed by atoms with Gasteiger partial charge in [0.25, 0.3) is 0 Å². The number of carbonyl (C=O) groups is 2. The minimum Gasteiger partial charge on any atom is -0.466 e. The molecule has 0 aliphatic carbocycles. The monoisotopic (exact) mass is 621 g/mol. The van der Waals surface area contributed by atoms with Crippen molar-refractivity contribution >= 4 is 33.5 Å². The molecular formula is C31H42BrF2N3O3. The van der Waals surface area contributed by atoms with Crippen molar-refractivity contribution in [2.24, 2.45) is 5.92 Å². The summed E-state index contributed by atoms with van der Waals surface area (Å²) in [5.41, 5.74) is 3.64. The molecule has 6 nitrogen and oxygen atoms in total. The first-order valence-corrected chi connectivity index (χ1v) is 14.9. The number of carbonyl (C=O) groups excluding carboxylic acids is 2. The highest BCUT2D eigenvalue weighted by molar-refractivity contribution is 9.10. The molecule has 1 amide bonds. The van der Waals surface area contributed by atoms with Crippen LogP contribution in [0.25, 0.3) is 11.1 Å². The van der Waals surface area contributed by atoms with Crippen LogP contribution in [0.3, 0.4) is 0 Å². The van der Waals surface area contributed by atoms with Crippen LogP contribution in [0.2, 0.25) is 0 Å². The lowest BCUT2D eigenvalue weighted by Gasteiger charge is -2.34. The van der Waals surface area contributed by atoms with Gasteiger partial charge in [-0.15, -0.1) is 0 Å². The molecular weight excluding hydrogens is 580 g/mol. The molecule has 40 heavy (non-hydrogen) atoms. The average Bonchev–Trinajstić information content (AvgIpc) is 2.86. The fraction of sp³-hybridized carbons (Fsp3) is 0.548. The molecule has 0 unspecified atom stereocenters. The Morgan fingerprint density at radius 2 is 1.60 bits per heavy atom. The van der Waals surface area contributed by atoms with Crippen molar-refractivity contribution in [2.75, 3.05) is 44.7 Å². The Hall–Kier alpha value is -2.52. The minimum absolute atomic E-state index is 0.121. The number of nitrogens with zero attached hydrogens (tertiary/aromatic N) is 2. The van der Waals surface area contributed by atoms with Crippen LogP contribution in [0.1, 0.15) is 61.9 Å². The molecule has 0 bridgehead atoms. The highest BCUT2D eigenvalue weighted by Gasteiger charge is 2.31. The maximum Gasteiger partial charge on any atom is 0.308 e. The summed E-state index contributed by atoms with van der Waals surface area (Å²) in [7, 11) is 2.11. The van der Waals surface area contributed by atoms with E-state index in [-0.39, 0.29) is 29.2 Å². The van der Waals surface area contributed by atoms with E-state index in [1.165, 1.54) is 6.07 Å². The van der Waals surface area contributed by atoms with E-state index >= 15 is 8.78 Å². The molecule has 0 radical (unpaired) electrons. The van der Waals surface area contributed by atoms with Crippen LogP contribution >= 0.6 is 15.9 Å². The van der Waals surface area contributed by atoms with Gasteiger partial charge in [0.2, 0.25) is 5.91 Å². The van der Waals surface area contributed by atoms with Gasteiger partial charge in [0.1, 0.15) is 11.6 Å². The van der Waals surface area contributed by atoms with Gasteiger partial charge in [-0.25, -0.2) is 8.78 Å². The number of nitrogens with one attached hydrogen (secondary N) is 1. The Balaban J connectivity index is 2.08. The van der Waals surface area contributed by atoms with E-state index in [1.807, 2.05) is 39.8 Å². The number of amides is 1.